The van der Waals surface area contributed by atoms with Gasteiger partial charge in [0.2, 0.25) is 0 Å². The fourth-order valence-corrected chi connectivity index (χ4v) is 3.21. The van der Waals surface area contributed by atoms with Crippen molar-refractivity contribution in [1.82, 2.24) is 0 Å². The molecule has 0 aliphatic heterocycles. The summed E-state index contributed by atoms with van der Waals surface area (Å²) in [7, 11) is 0. The van der Waals surface area contributed by atoms with Crippen LogP contribution in [0.5, 0.6) is 11.5 Å². The number of carbonyl (C=O) groups is 1. The number of aryl methyl sites for hydroxylation is 1. The topological polar surface area (TPSA) is 77.8 Å². The number of fused-ring (bicyclic) bond motifs is 4. The number of carbonyl (C=O) groups excluding carboxylic acids is 1. The number of phenols is 2. The summed E-state index contributed by atoms with van der Waals surface area (Å²) in [5.41, 5.74) is 3.01. The number of benzene rings is 2. The van der Waals surface area contributed by atoms with Crippen LogP contribution in [0.3, 0.4) is 0 Å². The SMILES string of the molecule is Cc1cc(O)c2c(c1)C=C1C(=O)c3c(O)cccc3C(O)=C12. The molecule has 4 rings (SSSR count). The number of allylic oxidation sites excluding steroid dienone is 2. The van der Waals surface area contributed by atoms with E-state index in [-0.39, 0.29) is 34.2 Å². The number of Topliss-reactive ketones (excluding diaryl/α,β-unsaturated/α-hetero) is 1. The van der Waals surface area contributed by atoms with Crippen LogP contribution >= 0.6 is 0 Å². The molecule has 0 amide bonds. The Labute approximate surface area is 126 Å². The van der Waals surface area contributed by atoms with Gasteiger partial charge in [0.25, 0.3) is 0 Å². The van der Waals surface area contributed by atoms with Gasteiger partial charge >= 0.3 is 0 Å². The number of rotatable bonds is 0. The number of hydrogen-bond donors (Lipinski definition) is 3. The maximum Gasteiger partial charge on any atom is 0.198 e. The molecule has 4 nitrogen and oxygen atoms in total. The highest BCUT2D eigenvalue weighted by molar-refractivity contribution is 6.32. The van der Waals surface area contributed by atoms with Gasteiger partial charge in [-0.25, -0.2) is 0 Å². The first-order valence-corrected chi connectivity index (χ1v) is 6.85. The van der Waals surface area contributed by atoms with Crippen molar-refractivity contribution >= 4 is 23.2 Å². The third kappa shape index (κ3) is 1.44. The highest BCUT2D eigenvalue weighted by atomic mass is 16.3. The molecular weight excluding hydrogens is 280 g/mol. The van der Waals surface area contributed by atoms with Crippen molar-refractivity contribution in [3.05, 3.63) is 63.7 Å². The van der Waals surface area contributed by atoms with Gasteiger partial charge in [-0.2, -0.15) is 0 Å². The molecule has 0 spiro atoms. The van der Waals surface area contributed by atoms with Gasteiger partial charge in [0.1, 0.15) is 17.3 Å². The van der Waals surface area contributed by atoms with E-state index in [1.165, 1.54) is 6.07 Å². The second kappa shape index (κ2) is 4.01. The molecule has 0 saturated heterocycles. The Hall–Kier alpha value is -3.01. The third-order valence-electron chi connectivity index (χ3n) is 4.12. The van der Waals surface area contributed by atoms with Crippen LogP contribution in [0, 0.1) is 6.92 Å². The highest BCUT2D eigenvalue weighted by Gasteiger charge is 2.37. The predicted molar refractivity (Wildman–Crippen MR) is 82.7 cm³/mol. The van der Waals surface area contributed by atoms with E-state index in [1.807, 2.05) is 13.0 Å². The summed E-state index contributed by atoms with van der Waals surface area (Å²) in [6, 6.07) is 8.00. The van der Waals surface area contributed by atoms with Gasteiger partial charge in [-0.15, -0.1) is 0 Å². The molecule has 0 unspecified atom stereocenters. The molecule has 0 bridgehead atoms. The van der Waals surface area contributed by atoms with E-state index in [4.69, 9.17) is 0 Å². The number of ketones is 1. The molecule has 108 valence electrons. The fraction of sp³-hybridized carbons (Fsp3) is 0.0556. The van der Waals surface area contributed by atoms with Crippen molar-refractivity contribution in [1.29, 1.82) is 0 Å². The van der Waals surface area contributed by atoms with Crippen molar-refractivity contribution in [2.75, 3.05) is 0 Å². The first-order chi connectivity index (χ1) is 10.5. The van der Waals surface area contributed by atoms with Crippen LogP contribution in [0.2, 0.25) is 0 Å². The lowest BCUT2D eigenvalue weighted by Crippen LogP contribution is -2.13. The van der Waals surface area contributed by atoms with Crippen LogP contribution < -0.4 is 0 Å². The van der Waals surface area contributed by atoms with E-state index in [0.717, 1.165) is 5.56 Å². The monoisotopic (exact) mass is 292 g/mol. The summed E-state index contributed by atoms with van der Waals surface area (Å²) < 4.78 is 0. The summed E-state index contributed by atoms with van der Waals surface area (Å²) in [4.78, 5) is 12.7. The minimum atomic E-state index is -0.353. The maximum absolute atomic E-state index is 12.7. The maximum atomic E-state index is 12.7. The van der Waals surface area contributed by atoms with Gasteiger partial charge < -0.3 is 15.3 Å². The summed E-state index contributed by atoms with van der Waals surface area (Å²) >= 11 is 0. The fourth-order valence-electron chi connectivity index (χ4n) is 3.21. The van der Waals surface area contributed by atoms with E-state index in [0.29, 0.717) is 22.3 Å². The van der Waals surface area contributed by atoms with Crippen LogP contribution in [0.4, 0.5) is 0 Å². The van der Waals surface area contributed by atoms with Crippen molar-refractivity contribution in [3.63, 3.8) is 0 Å². The van der Waals surface area contributed by atoms with Crippen molar-refractivity contribution < 1.29 is 20.1 Å². The quantitative estimate of drug-likeness (QED) is 0.695. The average molecular weight is 292 g/mol. The third-order valence-corrected chi connectivity index (χ3v) is 4.12. The standard InChI is InChI=1S/C18H12O4/c1-8-5-9-7-11-16(14(9)13(20)6-8)17(21)10-3-2-4-12(19)15(10)18(11)22/h2-7,19-21H,1H3. The molecule has 0 saturated carbocycles. The van der Waals surface area contributed by atoms with Gasteiger partial charge in [0.15, 0.2) is 5.78 Å². The summed E-state index contributed by atoms with van der Waals surface area (Å²) in [6.45, 7) is 1.84. The minimum absolute atomic E-state index is 0.0270. The molecule has 0 atom stereocenters. The van der Waals surface area contributed by atoms with Gasteiger partial charge in [0, 0.05) is 22.3 Å². The van der Waals surface area contributed by atoms with Gasteiger partial charge in [-0.1, -0.05) is 18.2 Å². The average Bonchev–Trinajstić information content (AvgIpc) is 2.84. The number of aliphatic hydroxyl groups is 1. The number of aromatic hydroxyl groups is 2. The van der Waals surface area contributed by atoms with Crippen molar-refractivity contribution in [3.8, 4) is 11.5 Å². The molecule has 2 aliphatic carbocycles. The molecule has 3 N–H and O–H groups in total. The smallest absolute Gasteiger partial charge is 0.198 e. The Morgan fingerprint density at radius 2 is 1.73 bits per heavy atom. The zero-order valence-corrected chi connectivity index (χ0v) is 11.7. The Balaban J connectivity index is 2.11. The van der Waals surface area contributed by atoms with Crippen LogP contribution in [0.15, 0.2) is 35.9 Å². The lowest BCUT2D eigenvalue weighted by Gasteiger charge is -2.20. The molecule has 0 radical (unpaired) electrons. The first-order valence-electron chi connectivity index (χ1n) is 6.85. The second-order valence-electron chi connectivity index (χ2n) is 5.56. The molecule has 2 aromatic rings. The van der Waals surface area contributed by atoms with Gasteiger partial charge in [-0.3, -0.25) is 4.79 Å². The molecule has 2 aromatic carbocycles. The van der Waals surface area contributed by atoms with Gasteiger partial charge in [0.05, 0.1) is 5.56 Å². The number of aliphatic hydroxyl groups excluding tert-OH is 1. The summed E-state index contributed by atoms with van der Waals surface area (Å²) in [5, 5.41) is 30.7. The first kappa shape index (κ1) is 12.7. The van der Waals surface area contributed by atoms with Crippen LogP contribution in [0.1, 0.15) is 32.6 Å². The van der Waals surface area contributed by atoms with E-state index < -0.39 is 0 Å². The second-order valence-corrected chi connectivity index (χ2v) is 5.56. The lowest BCUT2D eigenvalue weighted by atomic mass is 9.84. The largest absolute Gasteiger partial charge is 0.507 e. The number of hydrogen-bond acceptors (Lipinski definition) is 4. The Morgan fingerprint density at radius 1 is 0.955 bits per heavy atom. The number of phenolic OH excluding ortho intramolecular Hbond substituents is 2. The van der Waals surface area contributed by atoms with E-state index in [2.05, 4.69) is 0 Å². The van der Waals surface area contributed by atoms with Gasteiger partial charge in [-0.05, 0) is 36.3 Å². The molecular formula is C18H12O4. The lowest BCUT2D eigenvalue weighted by molar-refractivity contribution is 0.103. The van der Waals surface area contributed by atoms with Crippen molar-refractivity contribution in [2.24, 2.45) is 0 Å². The van der Waals surface area contributed by atoms with Crippen LogP contribution in [-0.2, 0) is 0 Å². The summed E-state index contributed by atoms with van der Waals surface area (Å²) in [5.74, 6) is -0.589. The minimum Gasteiger partial charge on any atom is -0.507 e. The molecule has 0 fully saturated rings. The summed E-state index contributed by atoms with van der Waals surface area (Å²) in [6.07, 6.45) is 1.64. The van der Waals surface area contributed by atoms with Crippen LogP contribution in [0.25, 0.3) is 17.4 Å². The highest BCUT2D eigenvalue weighted by Crippen LogP contribution is 2.49. The van der Waals surface area contributed by atoms with Crippen LogP contribution in [-0.4, -0.2) is 21.1 Å². The molecule has 22 heavy (non-hydrogen) atoms. The molecule has 0 aromatic heterocycles. The molecule has 0 heterocycles. The van der Waals surface area contributed by atoms with Crippen molar-refractivity contribution in [2.45, 2.75) is 6.92 Å². The Kier molecular flexibility index (Phi) is 2.32. The zero-order chi connectivity index (χ0) is 15.6. The van der Waals surface area contributed by atoms with E-state index in [9.17, 15) is 20.1 Å². The Morgan fingerprint density at radius 3 is 2.50 bits per heavy atom. The Bertz CT molecular complexity index is 932. The zero-order valence-electron chi connectivity index (χ0n) is 11.7. The normalized spacial score (nSPS) is 15.3. The molecule has 2 aliphatic rings. The predicted octanol–water partition coefficient (Wildman–Crippen LogP) is 3.43. The van der Waals surface area contributed by atoms with E-state index in [1.54, 1.807) is 24.3 Å². The van der Waals surface area contributed by atoms with E-state index >= 15 is 0 Å². The molecule has 4 heteroatoms.